The Labute approximate surface area is 104 Å². The molecular weight excluding hydrogens is 212 g/mol. The van der Waals surface area contributed by atoms with Crippen molar-refractivity contribution in [3.05, 3.63) is 11.9 Å². The molecule has 0 bridgehead atoms. The van der Waals surface area contributed by atoms with Crippen LogP contribution in [-0.4, -0.2) is 30.1 Å². The SMILES string of the molecule is CCN(CC)c1cc(NC)nc(C(C)(C)C)n1. The summed E-state index contributed by atoms with van der Waals surface area (Å²) in [6.45, 7) is 12.6. The van der Waals surface area contributed by atoms with Gasteiger partial charge in [-0.3, -0.25) is 0 Å². The highest BCUT2D eigenvalue weighted by molar-refractivity contribution is 5.49. The van der Waals surface area contributed by atoms with Crippen LogP contribution in [0.3, 0.4) is 0 Å². The Balaban J connectivity index is 3.22. The Morgan fingerprint density at radius 1 is 1.18 bits per heavy atom. The molecule has 1 rings (SSSR count). The normalized spacial score (nSPS) is 11.4. The summed E-state index contributed by atoms with van der Waals surface area (Å²) in [6.07, 6.45) is 0. The van der Waals surface area contributed by atoms with Gasteiger partial charge >= 0.3 is 0 Å². The molecule has 0 aliphatic heterocycles. The van der Waals surface area contributed by atoms with E-state index in [2.05, 4.69) is 54.8 Å². The number of anilines is 2. The van der Waals surface area contributed by atoms with Crippen LogP contribution in [0.15, 0.2) is 6.07 Å². The Kier molecular flexibility index (Phi) is 4.32. The van der Waals surface area contributed by atoms with Crippen molar-refractivity contribution >= 4 is 11.6 Å². The maximum Gasteiger partial charge on any atom is 0.138 e. The van der Waals surface area contributed by atoms with Gasteiger partial charge < -0.3 is 10.2 Å². The van der Waals surface area contributed by atoms with Crippen LogP contribution < -0.4 is 10.2 Å². The number of hydrogen-bond donors (Lipinski definition) is 1. The predicted octanol–water partition coefficient (Wildman–Crippen LogP) is 2.66. The number of hydrogen-bond acceptors (Lipinski definition) is 4. The quantitative estimate of drug-likeness (QED) is 0.872. The number of nitrogens with one attached hydrogen (secondary N) is 1. The van der Waals surface area contributed by atoms with Gasteiger partial charge in [0.1, 0.15) is 17.5 Å². The molecule has 0 aliphatic carbocycles. The van der Waals surface area contributed by atoms with E-state index < -0.39 is 0 Å². The van der Waals surface area contributed by atoms with Crippen LogP contribution in [0, 0.1) is 0 Å². The largest absolute Gasteiger partial charge is 0.373 e. The lowest BCUT2D eigenvalue weighted by molar-refractivity contribution is 0.545. The molecular formula is C13H24N4. The van der Waals surface area contributed by atoms with E-state index in [9.17, 15) is 0 Å². The summed E-state index contributed by atoms with van der Waals surface area (Å²) in [5, 5.41) is 3.11. The molecule has 1 N–H and O–H groups in total. The highest BCUT2D eigenvalue weighted by atomic mass is 15.2. The molecule has 17 heavy (non-hydrogen) atoms. The molecule has 0 unspecified atom stereocenters. The van der Waals surface area contributed by atoms with Crippen LogP contribution in [-0.2, 0) is 5.41 Å². The zero-order valence-corrected chi connectivity index (χ0v) is 11.8. The van der Waals surface area contributed by atoms with E-state index in [0.717, 1.165) is 30.5 Å². The first-order valence-electron chi connectivity index (χ1n) is 6.24. The van der Waals surface area contributed by atoms with Gasteiger partial charge in [0.25, 0.3) is 0 Å². The Morgan fingerprint density at radius 2 is 1.76 bits per heavy atom. The highest BCUT2D eigenvalue weighted by Gasteiger charge is 2.20. The fourth-order valence-electron chi connectivity index (χ4n) is 1.61. The van der Waals surface area contributed by atoms with Crippen molar-refractivity contribution in [2.75, 3.05) is 30.4 Å². The van der Waals surface area contributed by atoms with Gasteiger partial charge in [-0.2, -0.15) is 0 Å². The van der Waals surface area contributed by atoms with Crippen molar-refractivity contribution in [2.45, 2.75) is 40.0 Å². The summed E-state index contributed by atoms with van der Waals surface area (Å²) >= 11 is 0. The van der Waals surface area contributed by atoms with Crippen LogP contribution in [0.1, 0.15) is 40.4 Å². The lowest BCUT2D eigenvalue weighted by Crippen LogP contribution is -2.26. The zero-order valence-electron chi connectivity index (χ0n) is 11.8. The Bertz CT molecular complexity index is 364. The lowest BCUT2D eigenvalue weighted by Gasteiger charge is -2.24. The molecule has 4 nitrogen and oxygen atoms in total. The summed E-state index contributed by atoms with van der Waals surface area (Å²) < 4.78 is 0. The molecule has 0 saturated carbocycles. The predicted molar refractivity (Wildman–Crippen MR) is 73.8 cm³/mol. The first-order valence-corrected chi connectivity index (χ1v) is 6.24. The van der Waals surface area contributed by atoms with Crippen LogP contribution in [0.2, 0.25) is 0 Å². The molecule has 96 valence electrons. The van der Waals surface area contributed by atoms with Gasteiger partial charge in [-0.25, -0.2) is 9.97 Å². The van der Waals surface area contributed by atoms with E-state index >= 15 is 0 Å². The van der Waals surface area contributed by atoms with Crippen molar-refractivity contribution < 1.29 is 0 Å². The standard InChI is InChI=1S/C13H24N4/c1-7-17(8-2)11-9-10(14-6)15-12(16-11)13(3,4)5/h9H,7-8H2,1-6H3,(H,14,15,16). The minimum absolute atomic E-state index is 0.0330. The highest BCUT2D eigenvalue weighted by Crippen LogP contribution is 2.23. The minimum atomic E-state index is -0.0330. The maximum absolute atomic E-state index is 4.67. The van der Waals surface area contributed by atoms with Crippen molar-refractivity contribution in [3.63, 3.8) is 0 Å². The maximum atomic E-state index is 4.67. The van der Waals surface area contributed by atoms with Crippen LogP contribution in [0.25, 0.3) is 0 Å². The van der Waals surface area contributed by atoms with E-state index in [1.54, 1.807) is 0 Å². The molecule has 1 aromatic heterocycles. The fraction of sp³-hybridized carbons (Fsp3) is 0.692. The summed E-state index contributed by atoms with van der Waals surface area (Å²) in [6, 6.07) is 2.00. The van der Waals surface area contributed by atoms with Gasteiger partial charge in [0, 0.05) is 31.6 Å². The van der Waals surface area contributed by atoms with Gasteiger partial charge in [-0.15, -0.1) is 0 Å². The molecule has 0 amide bonds. The van der Waals surface area contributed by atoms with E-state index in [1.807, 2.05) is 13.1 Å². The van der Waals surface area contributed by atoms with Gasteiger partial charge in [-0.1, -0.05) is 20.8 Å². The van der Waals surface area contributed by atoms with E-state index in [4.69, 9.17) is 0 Å². The Morgan fingerprint density at radius 3 is 2.18 bits per heavy atom. The zero-order chi connectivity index (χ0) is 13.1. The third-order valence-electron chi connectivity index (χ3n) is 2.73. The molecule has 0 aliphatic rings. The van der Waals surface area contributed by atoms with Gasteiger partial charge in [0.05, 0.1) is 0 Å². The fourth-order valence-corrected chi connectivity index (χ4v) is 1.61. The van der Waals surface area contributed by atoms with E-state index in [-0.39, 0.29) is 5.41 Å². The van der Waals surface area contributed by atoms with Crippen LogP contribution in [0.4, 0.5) is 11.6 Å². The number of rotatable bonds is 4. The summed E-state index contributed by atoms with van der Waals surface area (Å²) in [5.74, 6) is 2.76. The molecule has 0 fully saturated rings. The topological polar surface area (TPSA) is 41.0 Å². The summed E-state index contributed by atoms with van der Waals surface area (Å²) in [4.78, 5) is 11.4. The first-order chi connectivity index (χ1) is 7.92. The van der Waals surface area contributed by atoms with Gasteiger partial charge in [0.2, 0.25) is 0 Å². The number of nitrogens with zero attached hydrogens (tertiary/aromatic N) is 3. The van der Waals surface area contributed by atoms with Gasteiger partial charge in [-0.05, 0) is 13.8 Å². The third kappa shape index (κ3) is 3.32. The van der Waals surface area contributed by atoms with E-state index in [1.165, 1.54) is 0 Å². The second kappa shape index (κ2) is 5.34. The van der Waals surface area contributed by atoms with Crippen molar-refractivity contribution in [1.82, 2.24) is 9.97 Å². The third-order valence-corrected chi connectivity index (χ3v) is 2.73. The summed E-state index contributed by atoms with van der Waals surface area (Å²) in [7, 11) is 1.89. The monoisotopic (exact) mass is 236 g/mol. The molecule has 0 radical (unpaired) electrons. The molecule has 1 aromatic rings. The molecule has 0 atom stereocenters. The molecule has 0 saturated heterocycles. The van der Waals surface area contributed by atoms with E-state index in [0.29, 0.717) is 0 Å². The van der Waals surface area contributed by atoms with Crippen LogP contribution in [0.5, 0.6) is 0 Å². The lowest BCUT2D eigenvalue weighted by atomic mass is 9.96. The molecule has 1 heterocycles. The molecule has 0 spiro atoms. The molecule has 0 aromatic carbocycles. The van der Waals surface area contributed by atoms with Crippen molar-refractivity contribution in [3.8, 4) is 0 Å². The number of aromatic nitrogens is 2. The second-order valence-electron chi connectivity index (χ2n) is 5.11. The van der Waals surface area contributed by atoms with Crippen molar-refractivity contribution in [1.29, 1.82) is 0 Å². The molecule has 4 heteroatoms. The smallest absolute Gasteiger partial charge is 0.138 e. The van der Waals surface area contributed by atoms with Crippen LogP contribution >= 0.6 is 0 Å². The van der Waals surface area contributed by atoms with Gasteiger partial charge in [0.15, 0.2) is 0 Å². The minimum Gasteiger partial charge on any atom is -0.373 e. The average Bonchev–Trinajstić information content (AvgIpc) is 2.29. The Hall–Kier alpha value is -1.32. The first kappa shape index (κ1) is 13.7. The second-order valence-corrected chi connectivity index (χ2v) is 5.11. The van der Waals surface area contributed by atoms with Crippen molar-refractivity contribution in [2.24, 2.45) is 0 Å². The summed E-state index contributed by atoms with van der Waals surface area (Å²) in [5.41, 5.74) is -0.0330. The average molecular weight is 236 g/mol.